The molecule has 0 aliphatic rings. The number of carbonyl (C=O) groups excluding carboxylic acids is 1. The topological polar surface area (TPSA) is 66.9 Å². The van der Waals surface area contributed by atoms with E-state index in [2.05, 4.69) is 4.98 Å². The Bertz CT molecular complexity index is 651. The van der Waals surface area contributed by atoms with Crippen molar-refractivity contribution < 1.29 is 9.21 Å². The molecule has 2 heterocycles. The minimum absolute atomic E-state index is 0.256. The number of hydrogen-bond donors (Lipinski definition) is 0. The molecule has 0 saturated heterocycles. The first kappa shape index (κ1) is 13.0. The number of nitriles is 1. The maximum absolute atomic E-state index is 12.5. The molecule has 4 nitrogen and oxygen atoms in total. The zero-order valence-electron chi connectivity index (χ0n) is 11.1. The molecule has 0 bridgehead atoms. The van der Waals surface area contributed by atoms with Crippen LogP contribution in [0, 0.1) is 32.1 Å². The Hall–Kier alpha value is -2.41. The maximum Gasteiger partial charge on any atom is 0.189 e. The maximum atomic E-state index is 12.5. The largest absolute Gasteiger partial charge is 0.466 e. The van der Waals surface area contributed by atoms with E-state index in [9.17, 15) is 10.1 Å². The van der Waals surface area contributed by atoms with E-state index in [4.69, 9.17) is 4.42 Å². The molecule has 0 aromatic carbocycles. The first-order chi connectivity index (χ1) is 9.06. The van der Waals surface area contributed by atoms with E-state index in [1.54, 1.807) is 38.2 Å². The van der Waals surface area contributed by atoms with Crippen LogP contribution in [0.25, 0.3) is 0 Å². The first-order valence-corrected chi connectivity index (χ1v) is 5.97. The zero-order valence-corrected chi connectivity index (χ0v) is 11.1. The van der Waals surface area contributed by atoms with Gasteiger partial charge in [-0.2, -0.15) is 5.26 Å². The molecule has 1 atom stereocenters. The van der Waals surface area contributed by atoms with E-state index in [1.807, 2.05) is 13.0 Å². The van der Waals surface area contributed by atoms with E-state index in [0.717, 1.165) is 5.56 Å². The molecule has 0 aliphatic heterocycles. The molecule has 2 aromatic rings. The van der Waals surface area contributed by atoms with Crippen molar-refractivity contribution in [2.45, 2.75) is 26.7 Å². The van der Waals surface area contributed by atoms with E-state index in [1.165, 1.54) is 0 Å². The van der Waals surface area contributed by atoms with Crippen LogP contribution in [-0.2, 0) is 0 Å². The molecule has 4 heteroatoms. The Balaban J connectivity index is 2.46. The number of Topliss-reactive ketones (excluding diaryl/α,β-unsaturated/α-hetero) is 1. The molecule has 0 saturated carbocycles. The van der Waals surface area contributed by atoms with Gasteiger partial charge in [0.25, 0.3) is 0 Å². The lowest BCUT2D eigenvalue weighted by Gasteiger charge is -2.07. The van der Waals surface area contributed by atoms with Crippen LogP contribution in [0.1, 0.15) is 39.1 Å². The SMILES string of the molecule is Cc1oc(C)c(C(=O)[C@H](C#N)c2ccccn2)c1C. The molecule has 19 heavy (non-hydrogen) atoms. The lowest BCUT2D eigenvalue weighted by atomic mass is 9.93. The van der Waals surface area contributed by atoms with E-state index in [0.29, 0.717) is 22.8 Å². The van der Waals surface area contributed by atoms with Crippen molar-refractivity contribution in [3.8, 4) is 6.07 Å². The smallest absolute Gasteiger partial charge is 0.189 e. The lowest BCUT2D eigenvalue weighted by Crippen LogP contribution is -2.14. The fourth-order valence-electron chi connectivity index (χ4n) is 2.11. The van der Waals surface area contributed by atoms with Crippen LogP contribution in [-0.4, -0.2) is 10.8 Å². The zero-order chi connectivity index (χ0) is 14.0. The van der Waals surface area contributed by atoms with Crippen LogP contribution in [0.15, 0.2) is 28.8 Å². The second-order valence-corrected chi connectivity index (χ2v) is 4.40. The molecule has 0 unspecified atom stereocenters. The van der Waals surface area contributed by atoms with Crippen LogP contribution >= 0.6 is 0 Å². The standard InChI is InChI=1S/C15H14N2O2/c1-9-10(2)19-11(3)14(9)15(18)12(8-16)13-6-4-5-7-17-13/h4-7,12H,1-3H3/t12-/m1/s1. The van der Waals surface area contributed by atoms with Crippen molar-refractivity contribution in [2.75, 3.05) is 0 Å². The van der Waals surface area contributed by atoms with Crippen LogP contribution in [0.2, 0.25) is 0 Å². The first-order valence-electron chi connectivity index (χ1n) is 5.97. The van der Waals surface area contributed by atoms with Gasteiger partial charge in [-0.15, -0.1) is 0 Å². The molecule has 0 N–H and O–H groups in total. The minimum atomic E-state index is -0.893. The Labute approximate surface area is 111 Å². The number of pyridine rings is 1. The average molecular weight is 254 g/mol. The highest BCUT2D eigenvalue weighted by Crippen LogP contribution is 2.26. The minimum Gasteiger partial charge on any atom is -0.466 e. The number of furan rings is 1. The number of aromatic nitrogens is 1. The number of rotatable bonds is 3. The van der Waals surface area contributed by atoms with E-state index in [-0.39, 0.29) is 5.78 Å². The summed E-state index contributed by atoms with van der Waals surface area (Å²) in [6.45, 7) is 5.37. The normalized spacial score (nSPS) is 11.9. The fraction of sp³-hybridized carbons (Fsp3) is 0.267. The monoisotopic (exact) mass is 254 g/mol. The summed E-state index contributed by atoms with van der Waals surface area (Å²) in [5, 5.41) is 9.26. The fourth-order valence-corrected chi connectivity index (χ4v) is 2.11. The summed E-state index contributed by atoms with van der Waals surface area (Å²) in [6.07, 6.45) is 1.58. The Kier molecular flexibility index (Phi) is 3.48. The van der Waals surface area contributed by atoms with Crippen molar-refractivity contribution in [1.82, 2.24) is 4.98 Å². The molecule has 0 radical (unpaired) electrons. The van der Waals surface area contributed by atoms with Gasteiger partial charge >= 0.3 is 0 Å². The van der Waals surface area contributed by atoms with E-state index < -0.39 is 5.92 Å². The van der Waals surface area contributed by atoms with Crippen molar-refractivity contribution in [3.05, 3.63) is 52.7 Å². The van der Waals surface area contributed by atoms with Gasteiger partial charge in [-0.3, -0.25) is 9.78 Å². The summed E-state index contributed by atoms with van der Waals surface area (Å²) in [6, 6.07) is 7.23. The third-order valence-electron chi connectivity index (χ3n) is 3.18. The Morgan fingerprint density at radius 3 is 2.53 bits per heavy atom. The van der Waals surface area contributed by atoms with Gasteiger partial charge in [0.05, 0.1) is 17.3 Å². The molecular formula is C15H14N2O2. The molecular weight excluding hydrogens is 240 g/mol. The number of nitrogens with zero attached hydrogens (tertiary/aromatic N) is 2. The highest BCUT2D eigenvalue weighted by atomic mass is 16.3. The van der Waals surface area contributed by atoms with E-state index >= 15 is 0 Å². The van der Waals surface area contributed by atoms with Gasteiger partial charge in [0.1, 0.15) is 11.5 Å². The van der Waals surface area contributed by atoms with Crippen molar-refractivity contribution >= 4 is 5.78 Å². The number of carbonyl (C=O) groups is 1. The summed E-state index contributed by atoms with van der Waals surface area (Å²) in [5.41, 5.74) is 1.75. The average Bonchev–Trinajstić information content (AvgIpc) is 2.65. The molecule has 0 amide bonds. The number of hydrogen-bond acceptors (Lipinski definition) is 4. The molecule has 0 fully saturated rings. The number of ketones is 1. The van der Waals surface area contributed by atoms with Crippen molar-refractivity contribution in [3.63, 3.8) is 0 Å². The van der Waals surface area contributed by atoms with Crippen LogP contribution in [0.3, 0.4) is 0 Å². The van der Waals surface area contributed by atoms with Crippen LogP contribution in [0.5, 0.6) is 0 Å². The predicted molar refractivity (Wildman–Crippen MR) is 69.8 cm³/mol. The Morgan fingerprint density at radius 2 is 2.05 bits per heavy atom. The van der Waals surface area contributed by atoms with Gasteiger partial charge in [-0.1, -0.05) is 6.07 Å². The second-order valence-electron chi connectivity index (χ2n) is 4.40. The molecule has 0 aliphatic carbocycles. The van der Waals surface area contributed by atoms with Crippen LogP contribution in [0.4, 0.5) is 0 Å². The summed E-state index contributed by atoms with van der Waals surface area (Å²) >= 11 is 0. The van der Waals surface area contributed by atoms with Crippen molar-refractivity contribution in [1.29, 1.82) is 5.26 Å². The lowest BCUT2D eigenvalue weighted by molar-refractivity contribution is 0.0975. The summed E-state index contributed by atoms with van der Waals surface area (Å²) in [4.78, 5) is 16.6. The third-order valence-corrected chi connectivity index (χ3v) is 3.18. The van der Waals surface area contributed by atoms with Crippen LogP contribution < -0.4 is 0 Å². The van der Waals surface area contributed by atoms with Gasteiger partial charge < -0.3 is 4.42 Å². The third kappa shape index (κ3) is 2.27. The van der Waals surface area contributed by atoms with Gasteiger partial charge in [0.15, 0.2) is 11.7 Å². The highest BCUT2D eigenvalue weighted by molar-refractivity contribution is 6.04. The quantitative estimate of drug-likeness (QED) is 0.789. The predicted octanol–water partition coefficient (Wildman–Crippen LogP) is 3.09. The molecule has 2 aromatic heterocycles. The van der Waals surface area contributed by atoms with Gasteiger partial charge in [0, 0.05) is 11.8 Å². The summed E-state index contributed by atoms with van der Waals surface area (Å²) in [5.74, 6) is 0.110. The summed E-state index contributed by atoms with van der Waals surface area (Å²) in [7, 11) is 0. The number of aryl methyl sites for hydroxylation is 2. The van der Waals surface area contributed by atoms with Gasteiger partial charge in [0.2, 0.25) is 0 Å². The summed E-state index contributed by atoms with van der Waals surface area (Å²) < 4.78 is 5.45. The van der Waals surface area contributed by atoms with Gasteiger partial charge in [-0.25, -0.2) is 0 Å². The molecule has 2 rings (SSSR count). The molecule has 0 spiro atoms. The molecule has 96 valence electrons. The van der Waals surface area contributed by atoms with Gasteiger partial charge in [-0.05, 0) is 32.9 Å². The van der Waals surface area contributed by atoms with Crippen molar-refractivity contribution in [2.24, 2.45) is 0 Å². The highest BCUT2D eigenvalue weighted by Gasteiger charge is 2.28. The second kappa shape index (κ2) is 5.07. The Morgan fingerprint density at radius 1 is 1.32 bits per heavy atom.